The minimum absolute atomic E-state index is 0.235. The first-order chi connectivity index (χ1) is 8.99. The number of anilines is 1. The molecule has 0 saturated heterocycles. The van der Waals surface area contributed by atoms with E-state index in [4.69, 9.17) is 4.74 Å². The van der Waals surface area contributed by atoms with E-state index in [0.29, 0.717) is 11.6 Å². The van der Waals surface area contributed by atoms with Crippen molar-refractivity contribution in [3.63, 3.8) is 0 Å². The lowest BCUT2D eigenvalue weighted by atomic mass is 10.1. The van der Waals surface area contributed by atoms with Gasteiger partial charge in [0.05, 0.1) is 12.2 Å². The molecule has 1 aliphatic carbocycles. The average molecular weight is 283 g/mol. The van der Waals surface area contributed by atoms with Gasteiger partial charge in [-0.2, -0.15) is 0 Å². The van der Waals surface area contributed by atoms with E-state index in [0.717, 1.165) is 29.7 Å². The first-order valence-electron chi connectivity index (χ1n) is 6.30. The van der Waals surface area contributed by atoms with Crippen LogP contribution in [0.3, 0.4) is 0 Å². The number of hydrogen-bond donors (Lipinski definition) is 2. The number of thiophene rings is 1. The van der Waals surface area contributed by atoms with Gasteiger partial charge in [-0.05, 0) is 30.7 Å². The highest BCUT2D eigenvalue weighted by atomic mass is 32.1. The van der Waals surface area contributed by atoms with Crippen LogP contribution >= 0.6 is 11.3 Å². The van der Waals surface area contributed by atoms with Crippen molar-refractivity contribution in [2.75, 3.05) is 11.9 Å². The Morgan fingerprint density at radius 2 is 2.16 bits per heavy atom. The molecule has 0 unspecified atom stereocenters. The zero-order valence-corrected chi connectivity index (χ0v) is 11.8. The number of aryl methyl sites for hydroxylation is 1. The number of ether oxygens (including phenoxy) is 1. The third-order valence-electron chi connectivity index (χ3n) is 2.90. The number of carbonyl (C=O) groups excluding carboxylic acids is 1. The monoisotopic (exact) mass is 283 g/mol. The Bertz CT molecular complexity index is 507. The van der Waals surface area contributed by atoms with Gasteiger partial charge in [0.1, 0.15) is 5.00 Å². The number of amides is 1. The number of nitrogens with one attached hydrogen (secondary N) is 1. The molecule has 0 aliphatic heterocycles. The van der Waals surface area contributed by atoms with Crippen molar-refractivity contribution in [1.29, 1.82) is 0 Å². The summed E-state index contributed by atoms with van der Waals surface area (Å²) in [5.74, 6) is -0.739. The molecule has 6 heteroatoms. The van der Waals surface area contributed by atoms with Crippen LogP contribution in [0.4, 0.5) is 9.80 Å². The number of hydrogen-bond acceptors (Lipinski definition) is 4. The predicted octanol–water partition coefficient (Wildman–Crippen LogP) is 3.14. The molecule has 19 heavy (non-hydrogen) atoms. The number of carboxylic acids is 1. The van der Waals surface area contributed by atoms with Gasteiger partial charge in [-0.15, -0.1) is 11.3 Å². The fourth-order valence-electron chi connectivity index (χ4n) is 2.09. The summed E-state index contributed by atoms with van der Waals surface area (Å²) in [7, 11) is 0. The third kappa shape index (κ3) is 3.07. The normalized spacial score (nSPS) is 13.4. The number of carbonyl (C=O) groups is 2. The lowest BCUT2D eigenvalue weighted by Crippen LogP contribution is -2.17. The van der Waals surface area contributed by atoms with Crippen LogP contribution in [0.15, 0.2) is 0 Å². The number of aromatic carboxylic acids is 1. The summed E-state index contributed by atoms with van der Waals surface area (Å²) in [5.41, 5.74) is 1.11. The number of rotatable bonds is 4. The Labute approximate surface area is 115 Å². The smallest absolute Gasteiger partial charge is 0.412 e. The van der Waals surface area contributed by atoms with Crippen LogP contribution in [0.2, 0.25) is 0 Å². The van der Waals surface area contributed by atoms with Gasteiger partial charge in [0.15, 0.2) is 0 Å². The molecule has 1 amide bonds. The van der Waals surface area contributed by atoms with Gasteiger partial charge in [-0.25, -0.2) is 9.59 Å². The Balaban J connectivity index is 2.12. The van der Waals surface area contributed by atoms with E-state index in [1.165, 1.54) is 11.3 Å². The second-order valence-corrected chi connectivity index (χ2v) is 6.09. The SMILES string of the molecule is CC(C)COC(=O)Nc1sc2c(c1C(=O)O)CCC2. The van der Waals surface area contributed by atoms with Gasteiger partial charge < -0.3 is 9.84 Å². The average Bonchev–Trinajstić information content (AvgIpc) is 2.85. The number of carboxylic acid groups (broad SMARTS) is 1. The molecule has 104 valence electrons. The van der Waals surface area contributed by atoms with Gasteiger partial charge >= 0.3 is 12.1 Å². The molecule has 0 spiro atoms. The molecule has 2 N–H and O–H groups in total. The third-order valence-corrected chi connectivity index (χ3v) is 4.11. The quantitative estimate of drug-likeness (QED) is 0.890. The summed E-state index contributed by atoms with van der Waals surface area (Å²) in [4.78, 5) is 24.0. The second-order valence-electron chi connectivity index (χ2n) is 4.98. The summed E-state index contributed by atoms with van der Waals surface area (Å²) in [5, 5.41) is 12.2. The maximum absolute atomic E-state index is 11.6. The van der Waals surface area contributed by atoms with Crippen LogP contribution < -0.4 is 5.32 Å². The molecule has 0 atom stereocenters. The molecule has 5 nitrogen and oxygen atoms in total. The molecule has 1 aromatic rings. The number of fused-ring (bicyclic) bond motifs is 1. The van der Waals surface area contributed by atoms with Crippen LogP contribution in [-0.2, 0) is 17.6 Å². The Hall–Kier alpha value is -1.56. The van der Waals surface area contributed by atoms with Crippen molar-refractivity contribution >= 4 is 28.4 Å². The van der Waals surface area contributed by atoms with Crippen molar-refractivity contribution < 1.29 is 19.4 Å². The highest BCUT2D eigenvalue weighted by molar-refractivity contribution is 7.17. The topological polar surface area (TPSA) is 75.6 Å². The zero-order valence-electron chi connectivity index (χ0n) is 11.0. The summed E-state index contributed by atoms with van der Waals surface area (Å²) in [6.45, 7) is 4.20. The standard InChI is InChI=1S/C13H17NO4S/c1-7(2)6-18-13(17)14-11-10(12(15)16)8-4-3-5-9(8)19-11/h7H,3-6H2,1-2H3,(H,14,17)(H,15,16). The van der Waals surface area contributed by atoms with E-state index >= 15 is 0 Å². The van der Waals surface area contributed by atoms with Crippen molar-refractivity contribution in [2.24, 2.45) is 5.92 Å². The van der Waals surface area contributed by atoms with E-state index in [1.807, 2.05) is 13.8 Å². The summed E-state index contributed by atoms with van der Waals surface area (Å²) in [6.07, 6.45) is 2.06. The molecule has 1 heterocycles. The fraction of sp³-hybridized carbons (Fsp3) is 0.538. The van der Waals surface area contributed by atoms with E-state index < -0.39 is 12.1 Å². The molecule has 2 rings (SSSR count). The highest BCUT2D eigenvalue weighted by Gasteiger charge is 2.27. The largest absolute Gasteiger partial charge is 0.478 e. The minimum Gasteiger partial charge on any atom is -0.478 e. The van der Waals surface area contributed by atoms with Gasteiger partial charge in [-0.3, -0.25) is 5.32 Å². The molecule has 0 radical (unpaired) electrons. The second kappa shape index (κ2) is 5.61. The maximum Gasteiger partial charge on any atom is 0.412 e. The Kier molecular flexibility index (Phi) is 4.09. The van der Waals surface area contributed by atoms with Crippen LogP contribution in [0, 0.1) is 5.92 Å². The zero-order chi connectivity index (χ0) is 14.0. The first kappa shape index (κ1) is 13.9. The predicted molar refractivity (Wildman–Crippen MR) is 73.1 cm³/mol. The molecule has 0 bridgehead atoms. The summed E-state index contributed by atoms with van der Waals surface area (Å²) in [6, 6.07) is 0. The van der Waals surface area contributed by atoms with E-state index in [2.05, 4.69) is 5.32 Å². The van der Waals surface area contributed by atoms with Crippen LogP contribution in [-0.4, -0.2) is 23.8 Å². The molecular weight excluding hydrogens is 266 g/mol. The van der Waals surface area contributed by atoms with Crippen molar-refractivity contribution in [3.05, 3.63) is 16.0 Å². The van der Waals surface area contributed by atoms with Gasteiger partial charge in [0.2, 0.25) is 0 Å². The lowest BCUT2D eigenvalue weighted by Gasteiger charge is -2.08. The molecule has 0 fully saturated rings. The van der Waals surface area contributed by atoms with Crippen LogP contribution in [0.1, 0.15) is 41.1 Å². The highest BCUT2D eigenvalue weighted by Crippen LogP contribution is 2.39. The van der Waals surface area contributed by atoms with E-state index in [1.54, 1.807) is 0 Å². The first-order valence-corrected chi connectivity index (χ1v) is 7.12. The fourth-order valence-corrected chi connectivity index (χ4v) is 3.36. The van der Waals surface area contributed by atoms with Crippen LogP contribution in [0.25, 0.3) is 0 Å². The Morgan fingerprint density at radius 1 is 1.42 bits per heavy atom. The lowest BCUT2D eigenvalue weighted by molar-refractivity contribution is 0.0697. The van der Waals surface area contributed by atoms with Crippen LogP contribution in [0.5, 0.6) is 0 Å². The minimum atomic E-state index is -0.987. The van der Waals surface area contributed by atoms with Crippen molar-refractivity contribution in [1.82, 2.24) is 0 Å². The molecular formula is C13H17NO4S. The molecule has 0 saturated carbocycles. The van der Waals surface area contributed by atoms with Crippen molar-refractivity contribution in [2.45, 2.75) is 33.1 Å². The summed E-state index contributed by atoms with van der Waals surface area (Å²) < 4.78 is 5.01. The van der Waals surface area contributed by atoms with Gasteiger partial charge in [0.25, 0.3) is 0 Å². The molecule has 1 aromatic heterocycles. The molecule has 1 aliphatic rings. The van der Waals surface area contributed by atoms with E-state index in [-0.39, 0.29) is 11.5 Å². The summed E-state index contributed by atoms with van der Waals surface area (Å²) >= 11 is 1.35. The van der Waals surface area contributed by atoms with Crippen molar-refractivity contribution in [3.8, 4) is 0 Å². The van der Waals surface area contributed by atoms with E-state index in [9.17, 15) is 14.7 Å². The molecule has 0 aromatic carbocycles. The maximum atomic E-state index is 11.6. The Morgan fingerprint density at radius 3 is 2.79 bits per heavy atom. The van der Waals surface area contributed by atoms with Gasteiger partial charge in [-0.1, -0.05) is 13.8 Å². The van der Waals surface area contributed by atoms with Gasteiger partial charge in [0, 0.05) is 4.88 Å².